The maximum absolute atomic E-state index is 12.9. The van der Waals surface area contributed by atoms with E-state index in [1.807, 2.05) is 49.5 Å². The van der Waals surface area contributed by atoms with Crippen LogP contribution < -0.4 is 5.32 Å². The SMILES string of the molecule is Cc1ccc(-c2noc(C3CC(C)(C)C3)n2)cc1NC(=O)c1cnc2ccccn12. The van der Waals surface area contributed by atoms with Gasteiger partial charge in [-0.3, -0.25) is 9.20 Å². The van der Waals surface area contributed by atoms with E-state index in [0.29, 0.717) is 34.4 Å². The third-order valence-corrected chi connectivity index (χ3v) is 5.78. The zero-order valence-electron chi connectivity index (χ0n) is 17.2. The fourth-order valence-electron chi connectivity index (χ4n) is 4.15. The molecule has 0 aliphatic heterocycles. The normalized spacial score (nSPS) is 15.8. The fraction of sp³-hybridized carbons (Fsp3) is 0.304. The van der Waals surface area contributed by atoms with Gasteiger partial charge in [-0.2, -0.15) is 4.98 Å². The molecule has 1 saturated carbocycles. The molecule has 0 spiro atoms. The highest BCUT2D eigenvalue weighted by Crippen LogP contribution is 2.50. The highest BCUT2D eigenvalue weighted by atomic mass is 16.5. The number of anilines is 1. The Hall–Kier alpha value is -3.48. The molecule has 4 aromatic rings. The number of nitrogens with zero attached hydrogens (tertiary/aromatic N) is 4. The van der Waals surface area contributed by atoms with Crippen molar-refractivity contribution in [3.8, 4) is 11.4 Å². The van der Waals surface area contributed by atoms with Gasteiger partial charge in [0.15, 0.2) is 0 Å². The van der Waals surface area contributed by atoms with Gasteiger partial charge in [-0.1, -0.05) is 37.2 Å². The number of amides is 1. The van der Waals surface area contributed by atoms with Gasteiger partial charge in [0.05, 0.1) is 6.20 Å². The third-order valence-electron chi connectivity index (χ3n) is 5.78. The quantitative estimate of drug-likeness (QED) is 0.528. The molecule has 1 amide bonds. The van der Waals surface area contributed by atoms with Gasteiger partial charge in [0.2, 0.25) is 11.7 Å². The largest absolute Gasteiger partial charge is 0.339 e. The van der Waals surface area contributed by atoms with E-state index in [1.165, 1.54) is 0 Å². The van der Waals surface area contributed by atoms with E-state index < -0.39 is 0 Å². The monoisotopic (exact) mass is 401 g/mol. The first-order valence-corrected chi connectivity index (χ1v) is 10.1. The van der Waals surface area contributed by atoms with Crippen molar-refractivity contribution in [1.29, 1.82) is 0 Å². The fourth-order valence-corrected chi connectivity index (χ4v) is 4.15. The summed E-state index contributed by atoms with van der Waals surface area (Å²) in [4.78, 5) is 21.8. The van der Waals surface area contributed by atoms with Crippen LogP contribution in [0.5, 0.6) is 0 Å². The topological polar surface area (TPSA) is 85.3 Å². The van der Waals surface area contributed by atoms with Crippen LogP contribution >= 0.6 is 0 Å². The minimum absolute atomic E-state index is 0.223. The number of fused-ring (bicyclic) bond motifs is 1. The lowest BCUT2D eigenvalue weighted by molar-refractivity contribution is 0.102. The molecular formula is C23H23N5O2. The maximum atomic E-state index is 12.9. The van der Waals surface area contributed by atoms with E-state index in [-0.39, 0.29) is 5.91 Å². The van der Waals surface area contributed by atoms with Crippen LogP contribution in [0.15, 0.2) is 53.3 Å². The van der Waals surface area contributed by atoms with E-state index in [2.05, 4.69) is 34.3 Å². The molecule has 1 fully saturated rings. The third kappa shape index (κ3) is 3.26. The molecule has 5 rings (SSSR count). The van der Waals surface area contributed by atoms with Gasteiger partial charge in [-0.05, 0) is 48.9 Å². The number of hydrogen-bond donors (Lipinski definition) is 1. The Morgan fingerprint density at radius 2 is 2.07 bits per heavy atom. The average Bonchev–Trinajstić information content (AvgIpc) is 3.35. The molecule has 7 nitrogen and oxygen atoms in total. The molecule has 1 aromatic carbocycles. The number of pyridine rings is 1. The Bertz CT molecular complexity index is 1250. The average molecular weight is 401 g/mol. The number of rotatable bonds is 4. The van der Waals surface area contributed by atoms with E-state index >= 15 is 0 Å². The predicted octanol–water partition coefficient (Wildman–Crippen LogP) is 4.85. The highest BCUT2D eigenvalue weighted by Gasteiger charge is 2.40. The van der Waals surface area contributed by atoms with Gasteiger partial charge in [-0.15, -0.1) is 0 Å². The van der Waals surface area contributed by atoms with Crippen molar-refractivity contribution in [2.24, 2.45) is 5.41 Å². The Morgan fingerprint density at radius 3 is 2.87 bits per heavy atom. The summed E-state index contributed by atoms with van der Waals surface area (Å²) in [6.45, 7) is 6.45. The summed E-state index contributed by atoms with van der Waals surface area (Å²) in [5.41, 5.74) is 4.02. The van der Waals surface area contributed by atoms with Crippen LogP contribution in [-0.4, -0.2) is 25.4 Å². The van der Waals surface area contributed by atoms with Crippen molar-refractivity contribution in [2.75, 3.05) is 5.32 Å². The molecule has 152 valence electrons. The number of hydrogen-bond acceptors (Lipinski definition) is 5. The van der Waals surface area contributed by atoms with Gasteiger partial charge < -0.3 is 9.84 Å². The van der Waals surface area contributed by atoms with Crippen molar-refractivity contribution in [3.05, 3.63) is 65.9 Å². The van der Waals surface area contributed by atoms with E-state index in [4.69, 9.17) is 4.52 Å². The minimum atomic E-state index is -0.223. The Balaban J connectivity index is 1.39. The first-order valence-electron chi connectivity index (χ1n) is 10.1. The van der Waals surface area contributed by atoms with Gasteiger partial charge in [0.1, 0.15) is 11.3 Å². The zero-order chi connectivity index (χ0) is 20.9. The summed E-state index contributed by atoms with van der Waals surface area (Å²) in [6.07, 6.45) is 5.52. The minimum Gasteiger partial charge on any atom is -0.339 e. The summed E-state index contributed by atoms with van der Waals surface area (Å²) in [5.74, 6) is 1.35. The summed E-state index contributed by atoms with van der Waals surface area (Å²) in [6, 6.07) is 11.4. The van der Waals surface area contributed by atoms with Crippen molar-refractivity contribution in [1.82, 2.24) is 19.5 Å². The van der Waals surface area contributed by atoms with E-state index in [0.717, 1.165) is 29.6 Å². The molecule has 3 aromatic heterocycles. The van der Waals surface area contributed by atoms with Crippen molar-refractivity contribution in [3.63, 3.8) is 0 Å². The van der Waals surface area contributed by atoms with Crippen LogP contribution in [0, 0.1) is 12.3 Å². The summed E-state index contributed by atoms with van der Waals surface area (Å²) >= 11 is 0. The standard InChI is InChI=1S/C23H23N5O2/c1-14-7-8-15(20-26-22(30-27-20)16-11-23(2,3)12-16)10-17(14)25-21(29)18-13-24-19-6-4-5-9-28(18)19/h4-10,13,16H,11-12H2,1-3H3,(H,25,29). The van der Waals surface area contributed by atoms with Gasteiger partial charge in [-0.25, -0.2) is 4.98 Å². The molecule has 1 aliphatic carbocycles. The van der Waals surface area contributed by atoms with Crippen molar-refractivity contribution in [2.45, 2.75) is 39.5 Å². The lowest BCUT2D eigenvalue weighted by Gasteiger charge is -2.40. The number of imidazole rings is 1. The lowest BCUT2D eigenvalue weighted by atomic mass is 9.64. The second kappa shape index (κ2) is 6.79. The van der Waals surface area contributed by atoms with Gasteiger partial charge in [0.25, 0.3) is 5.91 Å². The number of carbonyl (C=O) groups excluding carboxylic acids is 1. The van der Waals surface area contributed by atoms with Crippen molar-refractivity contribution >= 4 is 17.2 Å². The van der Waals surface area contributed by atoms with Crippen LogP contribution in [0.25, 0.3) is 17.0 Å². The number of aryl methyl sites for hydroxylation is 1. The Morgan fingerprint density at radius 1 is 1.23 bits per heavy atom. The second-order valence-electron chi connectivity index (χ2n) is 8.78. The summed E-state index contributed by atoms with van der Waals surface area (Å²) in [5, 5.41) is 7.16. The molecule has 7 heteroatoms. The summed E-state index contributed by atoms with van der Waals surface area (Å²) in [7, 11) is 0. The Labute approximate surface area is 174 Å². The predicted molar refractivity (Wildman–Crippen MR) is 113 cm³/mol. The number of carbonyl (C=O) groups is 1. The van der Waals surface area contributed by atoms with Crippen LogP contribution in [0.3, 0.4) is 0 Å². The molecule has 1 N–H and O–H groups in total. The highest BCUT2D eigenvalue weighted by molar-refractivity contribution is 6.04. The molecular weight excluding hydrogens is 378 g/mol. The van der Waals surface area contributed by atoms with Crippen LogP contribution in [0.2, 0.25) is 0 Å². The lowest BCUT2D eigenvalue weighted by Crippen LogP contribution is -2.29. The van der Waals surface area contributed by atoms with Crippen LogP contribution in [-0.2, 0) is 0 Å². The molecule has 0 atom stereocenters. The molecule has 30 heavy (non-hydrogen) atoms. The number of benzene rings is 1. The first-order chi connectivity index (χ1) is 14.4. The second-order valence-corrected chi connectivity index (χ2v) is 8.78. The molecule has 0 bridgehead atoms. The molecule has 1 aliphatic rings. The van der Waals surface area contributed by atoms with Gasteiger partial charge in [0, 0.05) is 23.4 Å². The smallest absolute Gasteiger partial charge is 0.274 e. The molecule has 0 saturated heterocycles. The first kappa shape index (κ1) is 18.5. The van der Waals surface area contributed by atoms with Crippen molar-refractivity contribution < 1.29 is 9.32 Å². The Kier molecular flexibility index (Phi) is 4.20. The van der Waals surface area contributed by atoms with Gasteiger partial charge >= 0.3 is 0 Å². The molecule has 0 radical (unpaired) electrons. The van der Waals surface area contributed by atoms with E-state index in [1.54, 1.807) is 10.6 Å². The number of aromatic nitrogens is 4. The van der Waals surface area contributed by atoms with Crippen LogP contribution in [0.1, 0.15) is 54.5 Å². The summed E-state index contributed by atoms with van der Waals surface area (Å²) < 4.78 is 7.28. The maximum Gasteiger partial charge on any atom is 0.274 e. The molecule has 3 heterocycles. The molecule has 0 unspecified atom stereocenters. The zero-order valence-corrected chi connectivity index (χ0v) is 17.2. The van der Waals surface area contributed by atoms with E-state index in [9.17, 15) is 4.79 Å². The number of nitrogens with one attached hydrogen (secondary N) is 1. The van der Waals surface area contributed by atoms with Crippen LogP contribution in [0.4, 0.5) is 5.69 Å².